The molecule has 0 radical (unpaired) electrons. The number of ether oxygens (including phenoxy) is 2. The SMILES string of the molecule is O=C(c1ccc2cccc(OCCCN3CCCCC3)c2n1)N1CCOCC1. The highest BCUT2D eigenvalue weighted by Gasteiger charge is 2.20. The van der Waals surface area contributed by atoms with E-state index >= 15 is 0 Å². The van der Waals surface area contributed by atoms with E-state index in [4.69, 9.17) is 9.47 Å². The molecule has 0 atom stereocenters. The Hall–Kier alpha value is -2.18. The zero-order chi connectivity index (χ0) is 19.2. The van der Waals surface area contributed by atoms with E-state index in [2.05, 4.69) is 9.88 Å². The second-order valence-corrected chi connectivity index (χ2v) is 7.53. The Morgan fingerprint density at radius 2 is 1.86 bits per heavy atom. The van der Waals surface area contributed by atoms with Gasteiger partial charge in [-0.3, -0.25) is 4.79 Å². The Bertz CT molecular complexity index is 799. The number of para-hydroxylation sites is 1. The highest BCUT2D eigenvalue weighted by atomic mass is 16.5. The molecule has 3 heterocycles. The van der Waals surface area contributed by atoms with Crippen molar-refractivity contribution in [2.75, 3.05) is 52.5 Å². The van der Waals surface area contributed by atoms with Gasteiger partial charge in [-0.15, -0.1) is 0 Å². The van der Waals surface area contributed by atoms with Crippen molar-refractivity contribution in [1.82, 2.24) is 14.8 Å². The fraction of sp³-hybridized carbons (Fsp3) is 0.545. The molecule has 150 valence electrons. The number of hydrogen-bond donors (Lipinski definition) is 0. The third kappa shape index (κ3) is 4.62. The third-order valence-corrected chi connectivity index (χ3v) is 5.53. The summed E-state index contributed by atoms with van der Waals surface area (Å²) in [5.74, 6) is 0.720. The summed E-state index contributed by atoms with van der Waals surface area (Å²) in [6.07, 6.45) is 4.99. The zero-order valence-electron chi connectivity index (χ0n) is 16.4. The lowest BCUT2D eigenvalue weighted by molar-refractivity contribution is 0.0299. The van der Waals surface area contributed by atoms with E-state index in [9.17, 15) is 4.79 Å². The van der Waals surface area contributed by atoms with E-state index in [1.54, 1.807) is 11.0 Å². The maximum atomic E-state index is 12.8. The number of benzene rings is 1. The molecule has 2 fully saturated rings. The maximum Gasteiger partial charge on any atom is 0.272 e. The molecule has 4 rings (SSSR count). The van der Waals surface area contributed by atoms with Crippen LogP contribution in [0.1, 0.15) is 36.2 Å². The van der Waals surface area contributed by atoms with Crippen molar-refractivity contribution in [2.45, 2.75) is 25.7 Å². The number of hydrogen-bond acceptors (Lipinski definition) is 5. The van der Waals surface area contributed by atoms with Gasteiger partial charge in [-0.25, -0.2) is 4.98 Å². The largest absolute Gasteiger partial charge is 0.491 e. The fourth-order valence-corrected chi connectivity index (χ4v) is 3.94. The van der Waals surface area contributed by atoms with Crippen molar-refractivity contribution in [3.05, 3.63) is 36.0 Å². The number of pyridine rings is 1. The van der Waals surface area contributed by atoms with Crippen LogP contribution in [0.2, 0.25) is 0 Å². The van der Waals surface area contributed by atoms with E-state index in [-0.39, 0.29) is 5.91 Å². The van der Waals surface area contributed by atoms with Gasteiger partial charge in [-0.1, -0.05) is 24.6 Å². The molecule has 0 aliphatic carbocycles. The van der Waals surface area contributed by atoms with Crippen LogP contribution in [-0.2, 0) is 4.74 Å². The number of fused-ring (bicyclic) bond motifs is 1. The maximum absolute atomic E-state index is 12.8. The average molecular weight is 383 g/mol. The molecule has 0 N–H and O–H groups in total. The van der Waals surface area contributed by atoms with Crippen LogP contribution in [0, 0.1) is 0 Å². The van der Waals surface area contributed by atoms with Crippen LogP contribution in [0.4, 0.5) is 0 Å². The Morgan fingerprint density at radius 1 is 1.04 bits per heavy atom. The van der Waals surface area contributed by atoms with Crippen LogP contribution in [0.3, 0.4) is 0 Å². The molecular weight excluding hydrogens is 354 g/mol. The van der Waals surface area contributed by atoms with E-state index < -0.39 is 0 Å². The van der Waals surface area contributed by atoms with E-state index in [1.807, 2.05) is 24.3 Å². The molecular formula is C22H29N3O3. The molecule has 28 heavy (non-hydrogen) atoms. The van der Waals surface area contributed by atoms with Crippen LogP contribution >= 0.6 is 0 Å². The van der Waals surface area contributed by atoms with Crippen molar-refractivity contribution in [3.8, 4) is 5.75 Å². The minimum absolute atomic E-state index is 0.0369. The predicted octanol–water partition coefficient (Wildman–Crippen LogP) is 2.96. The molecule has 2 aliphatic heterocycles. The highest BCUT2D eigenvalue weighted by molar-refractivity contribution is 5.96. The summed E-state index contributed by atoms with van der Waals surface area (Å²) in [4.78, 5) is 21.7. The third-order valence-electron chi connectivity index (χ3n) is 5.53. The van der Waals surface area contributed by atoms with Gasteiger partial charge in [0.1, 0.15) is 17.0 Å². The predicted molar refractivity (Wildman–Crippen MR) is 109 cm³/mol. The molecule has 2 aromatic rings. The lowest BCUT2D eigenvalue weighted by atomic mass is 10.1. The minimum Gasteiger partial charge on any atom is -0.491 e. The van der Waals surface area contributed by atoms with Gasteiger partial charge in [-0.05, 0) is 44.5 Å². The van der Waals surface area contributed by atoms with Gasteiger partial charge in [0.05, 0.1) is 19.8 Å². The van der Waals surface area contributed by atoms with Crippen molar-refractivity contribution >= 4 is 16.8 Å². The van der Waals surface area contributed by atoms with E-state index in [0.29, 0.717) is 38.6 Å². The van der Waals surface area contributed by atoms with Gasteiger partial charge in [0.2, 0.25) is 0 Å². The Morgan fingerprint density at radius 3 is 2.68 bits per heavy atom. The molecule has 6 heteroatoms. The minimum atomic E-state index is -0.0369. The van der Waals surface area contributed by atoms with Gasteiger partial charge < -0.3 is 19.3 Å². The monoisotopic (exact) mass is 383 g/mol. The number of likely N-dealkylation sites (tertiary alicyclic amines) is 1. The molecule has 1 aromatic carbocycles. The lowest BCUT2D eigenvalue weighted by Crippen LogP contribution is -2.41. The molecule has 1 amide bonds. The first-order valence-corrected chi connectivity index (χ1v) is 10.4. The molecule has 0 unspecified atom stereocenters. The van der Waals surface area contributed by atoms with Gasteiger partial charge in [-0.2, -0.15) is 0 Å². The van der Waals surface area contributed by atoms with Crippen molar-refractivity contribution in [2.24, 2.45) is 0 Å². The first-order chi connectivity index (χ1) is 13.8. The topological polar surface area (TPSA) is 54.9 Å². The average Bonchev–Trinajstić information content (AvgIpc) is 2.77. The molecule has 1 aromatic heterocycles. The molecule has 0 bridgehead atoms. The Balaban J connectivity index is 1.41. The second-order valence-electron chi connectivity index (χ2n) is 7.53. The van der Waals surface area contributed by atoms with E-state index in [1.165, 1.54) is 32.4 Å². The summed E-state index contributed by atoms with van der Waals surface area (Å²) in [7, 11) is 0. The molecule has 0 spiro atoms. The summed E-state index contributed by atoms with van der Waals surface area (Å²) in [6, 6.07) is 9.69. The van der Waals surface area contributed by atoms with E-state index in [0.717, 1.165) is 29.6 Å². The fourth-order valence-electron chi connectivity index (χ4n) is 3.94. The van der Waals surface area contributed by atoms with Crippen molar-refractivity contribution in [1.29, 1.82) is 0 Å². The van der Waals surface area contributed by atoms with Crippen LogP contribution < -0.4 is 4.74 Å². The molecule has 2 aliphatic rings. The van der Waals surface area contributed by atoms with Crippen LogP contribution in [-0.4, -0.2) is 73.2 Å². The van der Waals surface area contributed by atoms with Gasteiger partial charge in [0.15, 0.2) is 0 Å². The van der Waals surface area contributed by atoms with Crippen molar-refractivity contribution in [3.63, 3.8) is 0 Å². The van der Waals surface area contributed by atoms with Crippen LogP contribution in [0.5, 0.6) is 5.75 Å². The second kappa shape index (κ2) is 9.34. The number of piperidine rings is 1. The number of amides is 1. The number of rotatable bonds is 6. The summed E-state index contributed by atoms with van der Waals surface area (Å²) in [5.41, 5.74) is 1.23. The van der Waals surface area contributed by atoms with Gasteiger partial charge in [0.25, 0.3) is 5.91 Å². The van der Waals surface area contributed by atoms with Crippen LogP contribution in [0.15, 0.2) is 30.3 Å². The summed E-state index contributed by atoms with van der Waals surface area (Å²) >= 11 is 0. The number of morpholine rings is 1. The normalized spacial score (nSPS) is 18.4. The number of carbonyl (C=O) groups excluding carboxylic acids is 1. The molecule has 0 saturated carbocycles. The first-order valence-electron chi connectivity index (χ1n) is 10.4. The number of carbonyl (C=O) groups is 1. The Labute approximate surface area is 166 Å². The molecule has 6 nitrogen and oxygen atoms in total. The Kier molecular flexibility index (Phi) is 6.39. The quantitative estimate of drug-likeness (QED) is 0.718. The molecule has 2 saturated heterocycles. The first kappa shape index (κ1) is 19.2. The highest BCUT2D eigenvalue weighted by Crippen LogP contribution is 2.25. The smallest absolute Gasteiger partial charge is 0.272 e. The zero-order valence-corrected chi connectivity index (χ0v) is 16.4. The van der Waals surface area contributed by atoms with Gasteiger partial charge in [0, 0.05) is 25.0 Å². The number of nitrogens with zero attached hydrogens (tertiary/aromatic N) is 3. The summed E-state index contributed by atoms with van der Waals surface area (Å²) in [5, 5.41) is 0.993. The number of aromatic nitrogens is 1. The van der Waals surface area contributed by atoms with Gasteiger partial charge >= 0.3 is 0 Å². The van der Waals surface area contributed by atoms with Crippen LogP contribution in [0.25, 0.3) is 10.9 Å². The summed E-state index contributed by atoms with van der Waals surface area (Å²) in [6.45, 7) is 6.58. The summed E-state index contributed by atoms with van der Waals surface area (Å²) < 4.78 is 11.4. The van der Waals surface area contributed by atoms with Crippen molar-refractivity contribution < 1.29 is 14.3 Å². The lowest BCUT2D eigenvalue weighted by Gasteiger charge is -2.26. The standard InChI is InChI=1S/C22H29N3O3/c26-22(25-13-16-27-17-14-25)19-9-8-18-6-4-7-20(21(18)23-19)28-15-5-12-24-10-2-1-3-11-24/h4,6-9H,1-3,5,10-17H2.